The van der Waals surface area contributed by atoms with E-state index in [0.717, 1.165) is 44.8 Å². The topological polar surface area (TPSA) is 89.6 Å². The lowest BCUT2D eigenvalue weighted by atomic mass is 10.1. The maximum absolute atomic E-state index is 12.6. The van der Waals surface area contributed by atoms with E-state index in [-0.39, 0.29) is 19.1 Å². The third-order valence-corrected chi connectivity index (χ3v) is 5.13. The molecular formula is C20H29N3O6. The second-order valence-corrected chi connectivity index (χ2v) is 7.01. The number of carbonyl (C=O) groups excluding carboxylic acids is 2. The van der Waals surface area contributed by atoms with Crippen LogP contribution in [0.5, 0.6) is 11.5 Å². The Hall–Kier alpha value is -2.52. The SMILES string of the molecule is COc1ccc(CN2C(=O)OC[C@H]2C(=O)NCCCN2CCOCC2)cc1OC. The van der Waals surface area contributed by atoms with Gasteiger partial charge in [0.15, 0.2) is 11.5 Å². The van der Waals surface area contributed by atoms with Crippen LogP contribution in [0.2, 0.25) is 0 Å². The molecule has 0 saturated carbocycles. The third kappa shape index (κ3) is 5.51. The van der Waals surface area contributed by atoms with Gasteiger partial charge in [0.05, 0.1) is 34.0 Å². The number of nitrogens with one attached hydrogen (secondary N) is 1. The summed E-state index contributed by atoms with van der Waals surface area (Å²) in [4.78, 5) is 28.5. The summed E-state index contributed by atoms with van der Waals surface area (Å²) in [6.45, 7) is 5.17. The smallest absolute Gasteiger partial charge is 0.410 e. The molecule has 1 aromatic carbocycles. The van der Waals surface area contributed by atoms with Crippen molar-refractivity contribution in [2.45, 2.75) is 19.0 Å². The zero-order chi connectivity index (χ0) is 20.6. The van der Waals surface area contributed by atoms with E-state index in [1.807, 2.05) is 6.07 Å². The Morgan fingerprint density at radius 3 is 2.69 bits per heavy atom. The van der Waals surface area contributed by atoms with Gasteiger partial charge >= 0.3 is 6.09 Å². The lowest BCUT2D eigenvalue weighted by molar-refractivity contribution is -0.125. The Bertz CT molecular complexity index is 707. The van der Waals surface area contributed by atoms with Gasteiger partial charge in [-0.25, -0.2) is 4.79 Å². The molecule has 2 saturated heterocycles. The van der Waals surface area contributed by atoms with Crippen LogP contribution < -0.4 is 14.8 Å². The highest BCUT2D eigenvalue weighted by atomic mass is 16.6. The van der Waals surface area contributed by atoms with E-state index < -0.39 is 12.1 Å². The second-order valence-electron chi connectivity index (χ2n) is 7.01. The highest BCUT2D eigenvalue weighted by molar-refractivity contribution is 5.87. The van der Waals surface area contributed by atoms with Gasteiger partial charge in [-0.15, -0.1) is 0 Å². The minimum absolute atomic E-state index is 0.0570. The maximum atomic E-state index is 12.6. The first-order valence-corrected chi connectivity index (χ1v) is 9.84. The molecule has 1 atom stereocenters. The quantitative estimate of drug-likeness (QED) is 0.608. The predicted octanol–water partition coefficient (Wildman–Crippen LogP) is 0.863. The first kappa shape index (κ1) is 21.2. The molecule has 1 N–H and O–H groups in total. The van der Waals surface area contributed by atoms with Gasteiger partial charge in [0.25, 0.3) is 0 Å². The van der Waals surface area contributed by atoms with Gasteiger partial charge in [0, 0.05) is 19.6 Å². The van der Waals surface area contributed by atoms with E-state index in [0.29, 0.717) is 18.0 Å². The number of hydrogen-bond acceptors (Lipinski definition) is 7. The summed E-state index contributed by atoms with van der Waals surface area (Å²) in [7, 11) is 3.12. The van der Waals surface area contributed by atoms with Crippen molar-refractivity contribution in [1.29, 1.82) is 0 Å². The average Bonchev–Trinajstić information content (AvgIpc) is 3.12. The molecule has 3 rings (SSSR count). The summed E-state index contributed by atoms with van der Waals surface area (Å²) in [6, 6.07) is 4.77. The molecule has 9 nitrogen and oxygen atoms in total. The molecule has 0 unspecified atom stereocenters. The normalized spacial score (nSPS) is 19.7. The molecule has 160 valence electrons. The standard InChI is InChI=1S/C20H29N3O6/c1-26-17-5-4-15(12-18(17)27-2)13-23-16(14-29-20(23)25)19(24)21-6-3-7-22-8-10-28-11-9-22/h4-5,12,16H,3,6-11,13-14H2,1-2H3,(H,21,24)/t16-/m0/s1. The molecule has 29 heavy (non-hydrogen) atoms. The molecular weight excluding hydrogens is 378 g/mol. The Labute approximate surface area is 170 Å². The zero-order valence-electron chi connectivity index (χ0n) is 17.0. The number of nitrogens with zero attached hydrogens (tertiary/aromatic N) is 2. The number of rotatable bonds is 9. The fourth-order valence-corrected chi connectivity index (χ4v) is 3.47. The van der Waals surface area contributed by atoms with Crippen molar-refractivity contribution in [2.75, 3.05) is 60.2 Å². The molecule has 2 aliphatic heterocycles. The number of cyclic esters (lactones) is 1. The van der Waals surface area contributed by atoms with Crippen LogP contribution >= 0.6 is 0 Å². The maximum Gasteiger partial charge on any atom is 0.410 e. The van der Waals surface area contributed by atoms with E-state index in [2.05, 4.69) is 10.2 Å². The Balaban J connectivity index is 1.52. The zero-order valence-corrected chi connectivity index (χ0v) is 17.0. The van der Waals surface area contributed by atoms with Crippen molar-refractivity contribution in [3.05, 3.63) is 23.8 Å². The van der Waals surface area contributed by atoms with Gasteiger partial charge in [-0.2, -0.15) is 0 Å². The van der Waals surface area contributed by atoms with Crippen LogP contribution in [0.25, 0.3) is 0 Å². The molecule has 0 bridgehead atoms. The Kier molecular flexibility index (Phi) is 7.54. The molecule has 2 fully saturated rings. The van der Waals surface area contributed by atoms with Crippen molar-refractivity contribution >= 4 is 12.0 Å². The highest BCUT2D eigenvalue weighted by Gasteiger charge is 2.38. The number of carbonyl (C=O) groups is 2. The Morgan fingerprint density at radius 2 is 1.97 bits per heavy atom. The molecule has 2 aliphatic rings. The van der Waals surface area contributed by atoms with Gasteiger partial charge in [0.1, 0.15) is 12.6 Å². The van der Waals surface area contributed by atoms with E-state index in [1.165, 1.54) is 4.90 Å². The molecule has 2 heterocycles. The summed E-state index contributed by atoms with van der Waals surface area (Å²) in [5, 5.41) is 2.93. The number of benzene rings is 1. The van der Waals surface area contributed by atoms with Gasteiger partial charge in [-0.3, -0.25) is 14.6 Å². The summed E-state index contributed by atoms with van der Waals surface area (Å²) in [6.07, 6.45) is 0.358. The lowest BCUT2D eigenvalue weighted by Gasteiger charge is -2.26. The molecule has 0 aliphatic carbocycles. The van der Waals surface area contributed by atoms with Crippen LogP contribution in [0.15, 0.2) is 18.2 Å². The van der Waals surface area contributed by atoms with Crippen molar-refractivity contribution in [3.63, 3.8) is 0 Å². The number of amides is 2. The van der Waals surface area contributed by atoms with Crippen LogP contribution in [-0.4, -0.2) is 88.1 Å². The Morgan fingerprint density at radius 1 is 1.21 bits per heavy atom. The van der Waals surface area contributed by atoms with E-state index in [4.69, 9.17) is 18.9 Å². The van der Waals surface area contributed by atoms with Crippen LogP contribution in [-0.2, 0) is 20.8 Å². The number of ether oxygens (including phenoxy) is 4. The van der Waals surface area contributed by atoms with Crippen LogP contribution in [0.3, 0.4) is 0 Å². The number of methoxy groups -OCH3 is 2. The van der Waals surface area contributed by atoms with E-state index in [9.17, 15) is 9.59 Å². The monoisotopic (exact) mass is 407 g/mol. The van der Waals surface area contributed by atoms with Crippen LogP contribution in [0.1, 0.15) is 12.0 Å². The van der Waals surface area contributed by atoms with Crippen molar-refractivity contribution in [1.82, 2.24) is 15.1 Å². The molecule has 0 radical (unpaired) electrons. The molecule has 1 aromatic rings. The number of hydrogen-bond donors (Lipinski definition) is 1. The summed E-state index contributed by atoms with van der Waals surface area (Å²) in [5.41, 5.74) is 0.826. The van der Waals surface area contributed by atoms with Crippen molar-refractivity contribution < 1.29 is 28.5 Å². The third-order valence-electron chi connectivity index (χ3n) is 5.13. The van der Waals surface area contributed by atoms with E-state index >= 15 is 0 Å². The second kappa shape index (κ2) is 10.3. The summed E-state index contributed by atoms with van der Waals surface area (Å²) < 4.78 is 21.0. The van der Waals surface area contributed by atoms with Gasteiger partial charge < -0.3 is 24.3 Å². The summed E-state index contributed by atoms with van der Waals surface area (Å²) >= 11 is 0. The van der Waals surface area contributed by atoms with Crippen LogP contribution in [0, 0.1) is 0 Å². The molecule has 9 heteroatoms. The van der Waals surface area contributed by atoms with Crippen molar-refractivity contribution in [3.8, 4) is 11.5 Å². The number of morpholine rings is 1. The predicted molar refractivity (Wildman–Crippen MR) is 105 cm³/mol. The van der Waals surface area contributed by atoms with E-state index in [1.54, 1.807) is 26.4 Å². The molecule has 0 spiro atoms. The summed E-state index contributed by atoms with van der Waals surface area (Å²) in [5.74, 6) is 0.981. The fraction of sp³-hybridized carbons (Fsp3) is 0.600. The first-order chi connectivity index (χ1) is 14.1. The van der Waals surface area contributed by atoms with Gasteiger partial charge in [0.2, 0.25) is 5.91 Å². The fourth-order valence-electron chi connectivity index (χ4n) is 3.47. The minimum atomic E-state index is -0.640. The van der Waals surface area contributed by atoms with Gasteiger partial charge in [-0.1, -0.05) is 6.07 Å². The minimum Gasteiger partial charge on any atom is -0.493 e. The first-order valence-electron chi connectivity index (χ1n) is 9.84. The van der Waals surface area contributed by atoms with Gasteiger partial charge in [-0.05, 0) is 30.7 Å². The highest BCUT2D eigenvalue weighted by Crippen LogP contribution is 2.29. The largest absolute Gasteiger partial charge is 0.493 e. The van der Waals surface area contributed by atoms with Crippen LogP contribution in [0.4, 0.5) is 4.79 Å². The lowest BCUT2D eigenvalue weighted by Crippen LogP contribution is -2.46. The molecule has 2 amide bonds. The van der Waals surface area contributed by atoms with Crippen molar-refractivity contribution in [2.24, 2.45) is 0 Å². The average molecular weight is 407 g/mol. The molecule has 0 aromatic heterocycles.